The number of halogens is 1. The van der Waals surface area contributed by atoms with Gasteiger partial charge in [0.05, 0.1) is 22.8 Å². The molecule has 5 rings (SSSR count). The average molecular weight is 493 g/mol. The second-order valence-electron chi connectivity index (χ2n) is 7.49. The van der Waals surface area contributed by atoms with Crippen molar-refractivity contribution in [3.8, 4) is 17.0 Å². The molecule has 1 aliphatic rings. The van der Waals surface area contributed by atoms with Crippen LogP contribution in [0.3, 0.4) is 0 Å². The lowest BCUT2D eigenvalue weighted by Gasteiger charge is -2.19. The van der Waals surface area contributed by atoms with Crippen LogP contribution in [0, 0.1) is 10.1 Å². The molecule has 1 amide bonds. The number of carbonyl (C=O) groups is 1. The van der Waals surface area contributed by atoms with Gasteiger partial charge < -0.3 is 14.6 Å². The molecule has 1 N–H and O–H groups in total. The summed E-state index contributed by atoms with van der Waals surface area (Å²) in [5, 5.41) is 16.9. The van der Waals surface area contributed by atoms with Crippen LogP contribution in [0.25, 0.3) is 11.3 Å². The summed E-state index contributed by atoms with van der Waals surface area (Å²) in [5.74, 6) is 0.382. The van der Waals surface area contributed by atoms with Gasteiger partial charge in [-0.25, -0.2) is 4.99 Å². The number of anilines is 1. The summed E-state index contributed by atoms with van der Waals surface area (Å²) in [6.45, 7) is 0.383. The van der Waals surface area contributed by atoms with E-state index < -0.39 is 4.92 Å². The van der Waals surface area contributed by atoms with E-state index in [1.54, 1.807) is 24.3 Å². The van der Waals surface area contributed by atoms with Crippen LogP contribution < -0.4 is 14.9 Å². The standard InChI is InChI=1S/C24H17ClN4O4S/c25-17-6-2-1-5-16(17)12-28-21(15-9-10-22-19(11-15)26-23(30)13-33-22)14-34-24(28)27-18-7-3-4-8-20(18)29(31)32/h1-11,14H,12-13H2,(H,26,30). The first-order valence-corrected chi connectivity index (χ1v) is 11.5. The van der Waals surface area contributed by atoms with Gasteiger partial charge in [-0.3, -0.25) is 14.9 Å². The molecule has 0 saturated heterocycles. The maximum atomic E-state index is 11.8. The van der Waals surface area contributed by atoms with E-state index in [-0.39, 0.29) is 23.9 Å². The summed E-state index contributed by atoms with van der Waals surface area (Å²) in [6.07, 6.45) is 0. The zero-order valence-corrected chi connectivity index (χ0v) is 19.2. The van der Waals surface area contributed by atoms with E-state index in [0.717, 1.165) is 16.8 Å². The highest BCUT2D eigenvalue weighted by Gasteiger charge is 2.19. The van der Waals surface area contributed by atoms with Crippen molar-refractivity contribution in [1.82, 2.24) is 4.57 Å². The van der Waals surface area contributed by atoms with Crippen molar-refractivity contribution < 1.29 is 14.5 Å². The Morgan fingerprint density at radius 1 is 1.15 bits per heavy atom. The first-order chi connectivity index (χ1) is 16.5. The molecule has 170 valence electrons. The van der Waals surface area contributed by atoms with Crippen molar-refractivity contribution in [1.29, 1.82) is 0 Å². The van der Waals surface area contributed by atoms with Gasteiger partial charge in [-0.05, 0) is 35.9 Å². The Hall–Kier alpha value is -3.95. The van der Waals surface area contributed by atoms with Crippen LogP contribution in [0.2, 0.25) is 5.02 Å². The normalized spacial score (nSPS) is 13.2. The molecular weight excluding hydrogens is 476 g/mol. The lowest BCUT2D eigenvalue weighted by molar-refractivity contribution is -0.384. The molecule has 0 spiro atoms. The number of carbonyl (C=O) groups excluding carboxylic acids is 1. The predicted molar refractivity (Wildman–Crippen MR) is 131 cm³/mol. The predicted octanol–water partition coefficient (Wildman–Crippen LogP) is 5.39. The van der Waals surface area contributed by atoms with Gasteiger partial charge in [0.1, 0.15) is 11.4 Å². The molecule has 0 bridgehead atoms. The van der Waals surface area contributed by atoms with Gasteiger partial charge >= 0.3 is 0 Å². The van der Waals surface area contributed by atoms with Gasteiger partial charge in [0, 0.05) is 22.0 Å². The Kier molecular flexibility index (Phi) is 5.87. The third kappa shape index (κ3) is 4.30. The Labute approximate surface area is 202 Å². The van der Waals surface area contributed by atoms with Gasteiger partial charge in [0.2, 0.25) is 0 Å². The molecule has 0 saturated carbocycles. The van der Waals surface area contributed by atoms with Crippen LogP contribution >= 0.6 is 22.9 Å². The van der Waals surface area contributed by atoms with E-state index in [4.69, 9.17) is 16.3 Å². The SMILES string of the molecule is O=C1COc2ccc(-c3csc(=Nc4ccccc4[N+](=O)[O-])n3Cc3ccccc3Cl)cc2N1. The third-order valence-corrected chi connectivity index (χ3v) is 6.52. The number of nitrogens with zero attached hydrogens (tertiary/aromatic N) is 3. The number of fused-ring (bicyclic) bond motifs is 1. The number of aromatic nitrogens is 1. The fraction of sp³-hybridized carbons (Fsp3) is 0.0833. The molecule has 1 aromatic heterocycles. The number of nitrogens with one attached hydrogen (secondary N) is 1. The minimum Gasteiger partial charge on any atom is -0.482 e. The lowest BCUT2D eigenvalue weighted by Crippen LogP contribution is -2.25. The van der Waals surface area contributed by atoms with E-state index in [9.17, 15) is 14.9 Å². The maximum Gasteiger partial charge on any atom is 0.294 e. The van der Waals surface area contributed by atoms with Crippen molar-refractivity contribution in [2.45, 2.75) is 6.54 Å². The molecule has 0 fully saturated rings. The van der Waals surface area contributed by atoms with Gasteiger partial charge in [-0.1, -0.05) is 41.9 Å². The van der Waals surface area contributed by atoms with Crippen LogP contribution in [0.5, 0.6) is 5.75 Å². The van der Waals surface area contributed by atoms with Crippen LogP contribution in [0.4, 0.5) is 17.1 Å². The van der Waals surface area contributed by atoms with Crippen LogP contribution in [0.15, 0.2) is 77.1 Å². The fourth-order valence-electron chi connectivity index (χ4n) is 3.66. The largest absolute Gasteiger partial charge is 0.482 e. The summed E-state index contributed by atoms with van der Waals surface area (Å²) in [5.41, 5.74) is 3.31. The Bertz CT molecular complexity index is 1490. The van der Waals surface area contributed by atoms with E-state index in [1.807, 2.05) is 46.3 Å². The number of para-hydroxylation sites is 2. The molecule has 3 aromatic carbocycles. The van der Waals surface area contributed by atoms with E-state index in [2.05, 4.69) is 10.3 Å². The van der Waals surface area contributed by atoms with Crippen LogP contribution in [0.1, 0.15) is 5.56 Å². The van der Waals surface area contributed by atoms with Crippen molar-refractivity contribution in [3.05, 3.63) is 97.6 Å². The van der Waals surface area contributed by atoms with Crippen molar-refractivity contribution in [2.75, 3.05) is 11.9 Å². The van der Waals surface area contributed by atoms with Crippen LogP contribution in [-0.4, -0.2) is 22.0 Å². The molecule has 0 unspecified atom stereocenters. The third-order valence-electron chi connectivity index (χ3n) is 5.29. The number of amides is 1. The van der Waals surface area contributed by atoms with Crippen LogP contribution in [-0.2, 0) is 11.3 Å². The molecule has 0 radical (unpaired) electrons. The van der Waals surface area contributed by atoms with Gasteiger partial charge in [0.25, 0.3) is 11.6 Å². The molecule has 2 heterocycles. The van der Waals surface area contributed by atoms with Crippen molar-refractivity contribution >= 4 is 45.9 Å². The number of thiazole rings is 1. The minimum absolute atomic E-state index is 0.0177. The summed E-state index contributed by atoms with van der Waals surface area (Å²) >= 11 is 7.80. The molecular formula is C24H17ClN4O4S. The first kappa shape index (κ1) is 21.9. The number of nitro benzene ring substituents is 1. The summed E-state index contributed by atoms with van der Waals surface area (Å²) in [4.78, 5) is 28.1. The second kappa shape index (κ2) is 9.12. The fourth-order valence-corrected chi connectivity index (χ4v) is 4.77. The molecule has 0 aliphatic carbocycles. The highest BCUT2D eigenvalue weighted by molar-refractivity contribution is 7.07. The minimum atomic E-state index is -0.447. The van der Waals surface area contributed by atoms with Crippen molar-refractivity contribution in [3.63, 3.8) is 0 Å². The zero-order chi connectivity index (χ0) is 23.7. The second-order valence-corrected chi connectivity index (χ2v) is 8.73. The number of nitro groups is 1. The number of rotatable bonds is 5. The van der Waals surface area contributed by atoms with Crippen molar-refractivity contribution in [2.24, 2.45) is 4.99 Å². The topological polar surface area (TPSA) is 98.8 Å². The average Bonchev–Trinajstić information content (AvgIpc) is 3.22. The zero-order valence-electron chi connectivity index (χ0n) is 17.6. The summed E-state index contributed by atoms with van der Waals surface area (Å²) in [7, 11) is 0. The molecule has 1 aliphatic heterocycles. The molecule has 34 heavy (non-hydrogen) atoms. The Morgan fingerprint density at radius 3 is 2.76 bits per heavy atom. The van der Waals surface area contributed by atoms with E-state index >= 15 is 0 Å². The first-order valence-electron chi connectivity index (χ1n) is 10.3. The van der Waals surface area contributed by atoms with Gasteiger partial charge in [-0.2, -0.15) is 0 Å². The highest BCUT2D eigenvalue weighted by Crippen LogP contribution is 2.34. The quantitative estimate of drug-likeness (QED) is 0.298. The Morgan fingerprint density at radius 2 is 1.94 bits per heavy atom. The smallest absolute Gasteiger partial charge is 0.294 e. The van der Waals surface area contributed by atoms with Gasteiger partial charge in [-0.15, -0.1) is 11.3 Å². The number of hydrogen-bond acceptors (Lipinski definition) is 6. The van der Waals surface area contributed by atoms with E-state index in [0.29, 0.717) is 27.8 Å². The number of benzene rings is 3. The molecule has 8 nitrogen and oxygen atoms in total. The summed E-state index contributed by atoms with van der Waals surface area (Å²) in [6, 6.07) is 19.4. The number of hydrogen-bond donors (Lipinski definition) is 1. The maximum absolute atomic E-state index is 11.8. The lowest BCUT2D eigenvalue weighted by atomic mass is 10.1. The number of ether oxygens (including phenoxy) is 1. The monoisotopic (exact) mass is 492 g/mol. The van der Waals surface area contributed by atoms with E-state index in [1.165, 1.54) is 17.4 Å². The Balaban J connectivity index is 1.67. The molecule has 10 heteroatoms. The molecule has 0 atom stereocenters. The highest BCUT2D eigenvalue weighted by atomic mass is 35.5. The summed E-state index contributed by atoms with van der Waals surface area (Å²) < 4.78 is 7.43. The van der Waals surface area contributed by atoms with Gasteiger partial charge in [0.15, 0.2) is 11.4 Å². The molecule has 4 aromatic rings.